The van der Waals surface area contributed by atoms with Gasteiger partial charge in [-0.3, -0.25) is 4.79 Å². The second-order valence-electron chi connectivity index (χ2n) is 8.37. The molecule has 174 valence electrons. The molecule has 0 saturated carbocycles. The van der Waals surface area contributed by atoms with Crippen molar-refractivity contribution in [3.63, 3.8) is 0 Å². The molecule has 0 saturated heterocycles. The first-order valence-electron chi connectivity index (χ1n) is 11.3. The van der Waals surface area contributed by atoms with Crippen molar-refractivity contribution in [3.05, 3.63) is 94.2 Å². The van der Waals surface area contributed by atoms with Gasteiger partial charge in [0.15, 0.2) is 0 Å². The van der Waals surface area contributed by atoms with E-state index >= 15 is 0 Å². The number of amides is 1. The molecular formula is C29H28ClNO3. The van der Waals surface area contributed by atoms with E-state index in [1.54, 1.807) is 12.3 Å². The predicted molar refractivity (Wildman–Crippen MR) is 139 cm³/mol. The normalized spacial score (nSPS) is 11.6. The molecule has 4 aromatic rings. The zero-order valence-electron chi connectivity index (χ0n) is 19.9. The summed E-state index contributed by atoms with van der Waals surface area (Å²) in [4.78, 5) is 12.7. The average Bonchev–Trinajstić information content (AvgIpc) is 3.25. The highest BCUT2D eigenvalue weighted by Crippen LogP contribution is 2.40. The molecule has 0 fully saturated rings. The second kappa shape index (κ2) is 10.2. The van der Waals surface area contributed by atoms with Gasteiger partial charge in [-0.15, -0.1) is 0 Å². The summed E-state index contributed by atoms with van der Waals surface area (Å²) >= 11 is 6.07. The zero-order chi connectivity index (χ0) is 24.2. The fourth-order valence-electron chi connectivity index (χ4n) is 4.01. The van der Waals surface area contributed by atoms with Crippen LogP contribution in [0.15, 0.2) is 71.4 Å². The first-order chi connectivity index (χ1) is 16.4. The van der Waals surface area contributed by atoms with Crippen LogP contribution in [0.25, 0.3) is 27.7 Å². The Morgan fingerprint density at radius 2 is 1.79 bits per heavy atom. The third-order valence-corrected chi connectivity index (χ3v) is 6.10. The molecule has 1 N–H and O–H groups in total. The molecular weight excluding hydrogens is 446 g/mol. The average molecular weight is 474 g/mol. The number of benzene rings is 3. The van der Waals surface area contributed by atoms with E-state index in [2.05, 4.69) is 5.32 Å². The molecule has 5 heteroatoms. The molecule has 1 heterocycles. The fourth-order valence-corrected chi connectivity index (χ4v) is 4.14. The Morgan fingerprint density at radius 3 is 2.47 bits per heavy atom. The molecule has 1 amide bonds. The summed E-state index contributed by atoms with van der Waals surface area (Å²) in [5.41, 5.74) is 7.59. The first-order valence-corrected chi connectivity index (χ1v) is 11.7. The van der Waals surface area contributed by atoms with E-state index in [1.807, 2.05) is 82.3 Å². The highest BCUT2D eigenvalue weighted by atomic mass is 35.5. The fraction of sp³-hybridized carbons (Fsp3) is 0.207. The Bertz CT molecular complexity index is 1350. The summed E-state index contributed by atoms with van der Waals surface area (Å²) in [6.07, 6.45) is 3.38. The van der Waals surface area contributed by atoms with Gasteiger partial charge in [-0.1, -0.05) is 53.6 Å². The van der Waals surface area contributed by atoms with Crippen molar-refractivity contribution < 1.29 is 13.9 Å². The number of carbonyl (C=O) groups excluding carboxylic acids is 1. The minimum Gasteiger partial charge on any atom is -0.493 e. The summed E-state index contributed by atoms with van der Waals surface area (Å²) < 4.78 is 12.0. The molecule has 4 nitrogen and oxygen atoms in total. The van der Waals surface area contributed by atoms with Gasteiger partial charge < -0.3 is 14.5 Å². The summed E-state index contributed by atoms with van der Waals surface area (Å²) in [5.74, 6) is 0.579. The van der Waals surface area contributed by atoms with Crippen LogP contribution < -0.4 is 10.1 Å². The Labute approximate surface area is 205 Å². The maximum absolute atomic E-state index is 12.7. The third-order valence-electron chi connectivity index (χ3n) is 5.85. The molecule has 0 unspecified atom stereocenters. The zero-order valence-corrected chi connectivity index (χ0v) is 20.6. The lowest BCUT2D eigenvalue weighted by molar-refractivity contribution is -0.116. The van der Waals surface area contributed by atoms with Crippen LogP contribution in [0, 0.1) is 13.8 Å². The Hall–Kier alpha value is -3.50. The first kappa shape index (κ1) is 23.7. The predicted octanol–water partition coefficient (Wildman–Crippen LogP) is 7.49. The molecule has 0 aliphatic rings. The quantitative estimate of drug-likeness (QED) is 0.283. The largest absolute Gasteiger partial charge is 0.493 e. The van der Waals surface area contributed by atoms with Crippen LogP contribution in [-0.4, -0.2) is 12.5 Å². The number of hydrogen-bond acceptors (Lipinski definition) is 3. The van der Waals surface area contributed by atoms with Crippen molar-refractivity contribution in [2.75, 3.05) is 6.61 Å². The van der Waals surface area contributed by atoms with E-state index < -0.39 is 0 Å². The van der Waals surface area contributed by atoms with Crippen molar-refractivity contribution >= 4 is 34.1 Å². The Morgan fingerprint density at radius 1 is 1.09 bits per heavy atom. The van der Waals surface area contributed by atoms with Crippen LogP contribution >= 0.6 is 11.6 Å². The number of ether oxygens (including phenoxy) is 1. The molecule has 0 aliphatic heterocycles. The number of halogens is 1. The smallest absolute Gasteiger partial charge is 0.244 e. The van der Waals surface area contributed by atoms with Crippen molar-refractivity contribution in [3.8, 4) is 16.9 Å². The summed E-state index contributed by atoms with van der Waals surface area (Å²) in [6.45, 7) is 8.88. The Kier molecular flexibility index (Phi) is 7.09. The van der Waals surface area contributed by atoms with Gasteiger partial charge in [0.2, 0.25) is 5.91 Å². The van der Waals surface area contributed by atoms with Crippen LogP contribution in [0.3, 0.4) is 0 Å². The molecule has 34 heavy (non-hydrogen) atoms. The highest BCUT2D eigenvalue weighted by molar-refractivity contribution is 6.30. The van der Waals surface area contributed by atoms with Crippen molar-refractivity contribution in [1.82, 2.24) is 5.32 Å². The van der Waals surface area contributed by atoms with Gasteiger partial charge in [0.1, 0.15) is 11.3 Å². The Balaban J connectivity index is 1.69. The van der Waals surface area contributed by atoms with Gasteiger partial charge in [0, 0.05) is 39.7 Å². The van der Waals surface area contributed by atoms with E-state index in [1.165, 1.54) is 5.56 Å². The van der Waals surface area contributed by atoms with E-state index in [0.29, 0.717) is 18.2 Å². The number of hydrogen-bond donors (Lipinski definition) is 1. The van der Waals surface area contributed by atoms with Crippen LogP contribution in [0.1, 0.15) is 36.1 Å². The lowest BCUT2D eigenvalue weighted by atomic mass is 9.96. The molecule has 0 aliphatic carbocycles. The van der Waals surface area contributed by atoms with Crippen LogP contribution in [-0.2, 0) is 11.3 Å². The lowest BCUT2D eigenvalue weighted by Gasteiger charge is -2.15. The highest BCUT2D eigenvalue weighted by Gasteiger charge is 2.19. The van der Waals surface area contributed by atoms with E-state index in [9.17, 15) is 4.79 Å². The van der Waals surface area contributed by atoms with Crippen LogP contribution in [0.4, 0.5) is 0 Å². The van der Waals surface area contributed by atoms with E-state index in [0.717, 1.165) is 50.1 Å². The minimum absolute atomic E-state index is 0.150. The molecule has 0 bridgehead atoms. The summed E-state index contributed by atoms with van der Waals surface area (Å²) in [7, 11) is 0. The molecule has 4 rings (SSSR count). The van der Waals surface area contributed by atoms with Gasteiger partial charge in [0.25, 0.3) is 0 Å². The standard InChI is InChI=1S/C29H28ClNO3/c1-5-33-28-20(4)29-25(26(17-34-29)22-10-12-23(30)13-11-22)15-24(28)19(3)14-27(32)31-16-21-8-6-18(2)7-9-21/h6-15,17H,5,16H2,1-4H3,(H,31,32)/b19-14+. The molecule has 0 spiro atoms. The maximum Gasteiger partial charge on any atom is 0.244 e. The van der Waals surface area contributed by atoms with Crippen molar-refractivity contribution in [1.29, 1.82) is 0 Å². The van der Waals surface area contributed by atoms with Gasteiger partial charge in [0.05, 0.1) is 12.9 Å². The number of rotatable bonds is 7. The number of nitrogens with one attached hydrogen (secondary N) is 1. The monoisotopic (exact) mass is 473 g/mol. The van der Waals surface area contributed by atoms with Gasteiger partial charge >= 0.3 is 0 Å². The van der Waals surface area contributed by atoms with Crippen molar-refractivity contribution in [2.45, 2.75) is 34.2 Å². The number of furan rings is 1. The number of aryl methyl sites for hydroxylation is 2. The molecule has 0 radical (unpaired) electrons. The third kappa shape index (κ3) is 5.02. The molecule has 0 atom stereocenters. The van der Waals surface area contributed by atoms with Gasteiger partial charge in [-0.25, -0.2) is 0 Å². The van der Waals surface area contributed by atoms with Crippen LogP contribution in [0.2, 0.25) is 5.02 Å². The van der Waals surface area contributed by atoms with Crippen LogP contribution in [0.5, 0.6) is 5.75 Å². The van der Waals surface area contributed by atoms with Gasteiger partial charge in [-0.05, 0) is 62.6 Å². The van der Waals surface area contributed by atoms with E-state index in [4.69, 9.17) is 20.8 Å². The number of carbonyl (C=O) groups is 1. The summed E-state index contributed by atoms with van der Waals surface area (Å²) in [5, 5.41) is 4.62. The van der Waals surface area contributed by atoms with E-state index in [-0.39, 0.29) is 5.91 Å². The number of fused-ring (bicyclic) bond motifs is 1. The number of allylic oxidation sites excluding steroid dienone is 1. The maximum atomic E-state index is 12.7. The molecule has 3 aromatic carbocycles. The molecule has 1 aromatic heterocycles. The van der Waals surface area contributed by atoms with Crippen molar-refractivity contribution in [2.24, 2.45) is 0 Å². The van der Waals surface area contributed by atoms with Gasteiger partial charge in [-0.2, -0.15) is 0 Å². The minimum atomic E-state index is -0.150. The SMILES string of the molecule is CCOc1c(/C(C)=C/C(=O)NCc2ccc(C)cc2)cc2c(-c3ccc(Cl)cc3)coc2c1C. The lowest BCUT2D eigenvalue weighted by Crippen LogP contribution is -2.20. The second-order valence-corrected chi connectivity index (χ2v) is 8.81. The topological polar surface area (TPSA) is 51.5 Å². The summed E-state index contributed by atoms with van der Waals surface area (Å²) in [6, 6.07) is 17.8.